The number of aliphatic carboxylic acids is 1. The zero-order chi connectivity index (χ0) is 23.7. The maximum atomic E-state index is 10.7. The van der Waals surface area contributed by atoms with Crippen molar-refractivity contribution in [3.63, 3.8) is 0 Å². The molecule has 0 spiro atoms. The van der Waals surface area contributed by atoms with E-state index in [1.165, 1.54) is 6.08 Å². The molecule has 0 atom stereocenters. The average Bonchev–Trinajstić information content (AvgIpc) is 2.77. The Labute approximate surface area is 194 Å². The molecule has 1 rings (SSSR count). The van der Waals surface area contributed by atoms with Crippen molar-refractivity contribution in [3.05, 3.63) is 29.8 Å². The Balaban J connectivity index is 2.31. The van der Waals surface area contributed by atoms with Crippen molar-refractivity contribution in [1.82, 2.24) is 0 Å². The summed E-state index contributed by atoms with van der Waals surface area (Å²) in [5.41, 5.74) is 0.758. The number of ether oxygens (including phenoxy) is 2. The molecule has 1 N–H and O–H groups in total. The van der Waals surface area contributed by atoms with Crippen molar-refractivity contribution in [2.24, 2.45) is 0 Å². The molecule has 0 fully saturated rings. The van der Waals surface area contributed by atoms with Crippen LogP contribution in [0.2, 0.25) is 6.04 Å². The third-order valence-corrected chi connectivity index (χ3v) is 7.99. The summed E-state index contributed by atoms with van der Waals surface area (Å²) < 4.78 is 28.9. The Kier molecular flexibility index (Phi) is 14.7. The molecule has 0 aliphatic carbocycles. The second kappa shape index (κ2) is 16.7. The Morgan fingerprint density at radius 2 is 1.50 bits per heavy atom. The first kappa shape index (κ1) is 28.2. The van der Waals surface area contributed by atoms with E-state index in [1.807, 2.05) is 20.8 Å². The van der Waals surface area contributed by atoms with E-state index in [1.54, 1.807) is 25.3 Å². The van der Waals surface area contributed by atoms with Crippen LogP contribution in [0.5, 0.6) is 11.5 Å². The van der Waals surface area contributed by atoms with E-state index in [-0.39, 0.29) is 0 Å². The number of rotatable bonds is 19. The van der Waals surface area contributed by atoms with Gasteiger partial charge in [-0.1, -0.05) is 31.7 Å². The topological polar surface area (TPSA) is 83.5 Å². The second-order valence-electron chi connectivity index (χ2n) is 7.28. The van der Waals surface area contributed by atoms with Gasteiger partial charge in [-0.15, -0.1) is 0 Å². The molecule has 1 aromatic rings. The molecule has 32 heavy (non-hydrogen) atoms. The standard InChI is InChI=1S/C24H40O7Si/c1-5-29-32(30-6-2,31-7-3)19-13-11-9-8-10-12-18-28-23-20-21(15-17-24(25)26)14-16-22(23)27-4/h14-17,20H,5-13,18-19H2,1-4H3,(H,25,26). The average molecular weight is 469 g/mol. The maximum Gasteiger partial charge on any atom is 0.500 e. The lowest BCUT2D eigenvalue weighted by molar-refractivity contribution is -0.131. The van der Waals surface area contributed by atoms with Crippen molar-refractivity contribution in [3.8, 4) is 11.5 Å². The zero-order valence-electron chi connectivity index (χ0n) is 20.1. The minimum absolute atomic E-state index is 0.595. The zero-order valence-corrected chi connectivity index (χ0v) is 21.1. The number of benzene rings is 1. The third kappa shape index (κ3) is 11.1. The highest BCUT2D eigenvalue weighted by atomic mass is 28.4. The molecule has 0 amide bonds. The molecular weight excluding hydrogens is 428 g/mol. The fourth-order valence-corrected chi connectivity index (χ4v) is 6.10. The monoisotopic (exact) mass is 468 g/mol. The molecule has 182 valence electrons. The SMILES string of the molecule is CCO[Si](CCCCCCCCOc1cc(C=CC(=O)O)ccc1OC)(OCC)OCC. The summed E-state index contributed by atoms with van der Waals surface area (Å²) in [4.78, 5) is 10.7. The Morgan fingerprint density at radius 3 is 2.06 bits per heavy atom. The predicted octanol–water partition coefficient (Wildman–Crippen LogP) is 5.56. The lowest BCUT2D eigenvalue weighted by Crippen LogP contribution is -2.45. The summed E-state index contributed by atoms with van der Waals surface area (Å²) >= 11 is 0. The number of unbranched alkanes of at least 4 members (excludes halogenated alkanes) is 5. The van der Waals surface area contributed by atoms with Gasteiger partial charge in [0, 0.05) is 31.9 Å². The van der Waals surface area contributed by atoms with Gasteiger partial charge >= 0.3 is 14.8 Å². The van der Waals surface area contributed by atoms with Crippen LogP contribution in [0.1, 0.15) is 64.9 Å². The summed E-state index contributed by atoms with van der Waals surface area (Å²) in [5.74, 6) is 0.289. The number of carboxylic acids is 1. The molecule has 0 radical (unpaired) electrons. The van der Waals surface area contributed by atoms with Crippen LogP contribution >= 0.6 is 0 Å². The first-order chi connectivity index (χ1) is 15.5. The van der Waals surface area contributed by atoms with E-state index in [2.05, 4.69) is 0 Å². The van der Waals surface area contributed by atoms with E-state index in [9.17, 15) is 4.79 Å². The van der Waals surface area contributed by atoms with Crippen molar-refractivity contribution >= 4 is 20.8 Å². The molecule has 7 nitrogen and oxygen atoms in total. The van der Waals surface area contributed by atoms with Gasteiger partial charge in [-0.3, -0.25) is 0 Å². The van der Waals surface area contributed by atoms with Gasteiger partial charge < -0.3 is 27.9 Å². The minimum atomic E-state index is -2.51. The summed E-state index contributed by atoms with van der Waals surface area (Å²) in [6, 6.07) is 6.25. The van der Waals surface area contributed by atoms with Crippen LogP contribution in [0, 0.1) is 0 Å². The van der Waals surface area contributed by atoms with Gasteiger partial charge in [-0.05, 0) is 57.4 Å². The first-order valence-electron chi connectivity index (χ1n) is 11.6. The Bertz CT molecular complexity index is 661. The molecule has 0 saturated carbocycles. The fourth-order valence-electron chi connectivity index (χ4n) is 3.41. The highest BCUT2D eigenvalue weighted by Gasteiger charge is 2.39. The fraction of sp³-hybridized carbons (Fsp3) is 0.625. The van der Waals surface area contributed by atoms with Crippen molar-refractivity contribution in [2.45, 2.75) is 65.3 Å². The van der Waals surface area contributed by atoms with Gasteiger partial charge in [-0.2, -0.15) is 0 Å². The number of carbonyl (C=O) groups is 1. The van der Waals surface area contributed by atoms with E-state index in [0.717, 1.165) is 56.2 Å². The summed E-state index contributed by atoms with van der Waals surface area (Å²) in [6.07, 6.45) is 9.18. The Morgan fingerprint density at radius 1 is 0.906 bits per heavy atom. The van der Waals surface area contributed by atoms with Crippen LogP contribution < -0.4 is 9.47 Å². The first-order valence-corrected chi connectivity index (χ1v) is 13.6. The van der Waals surface area contributed by atoms with Crippen LogP contribution in [0.3, 0.4) is 0 Å². The second-order valence-corrected chi connectivity index (χ2v) is 10.0. The molecule has 0 heterocycles. The molecule has 0 bridgehead atoms. The lowest BCUT2D eigenvalue weighted by Gasteiger charge is -2.28. The van der Waals surface area contributed by atoms with Crippen LogP contribution in [-0.2, 0) is 18.1 Å². The van der Waals surface area contributed by atoms with Crippen molar-refractivity contribution in [1.29, 1.82) is 0 Å². The van der Waals surface area contributed by atoms with Crippen LogP contribution in [0.4, 0.5) is 0 Å². The van der Waals surface area contributed by atoms with Gasteiger partial charge in [0.15, 0.2) is 11.5 Å². The number of hydrogen-bond donors (Lipinski definition) is 1. The summed E-state index contributed by atoms with van der Waals surface area (Å²) in [6.45, 7) is 8.42. The normalized spacial score (nSPS) is 11.8. The predicted molar refractivity (Wildman–Crippen MR) is 128 cm³/mol. The lowest BCUT2D eigenvalue weighted by atomic mass is 10.1. The maximum absolute atomic E-state index is 10.7. The van der Waals surface area contributed by atoms with Crippen LogP contribution in [-0.4, -0.2) is 53.4 Å². The summed E-state index contributed by atoms with van der Waals surface area (Å²) in [7, 11) is -0.917. The Hall–Kier alpha value is -1.87. The van der Waals surface area contributed by atoms with Crippen molar-refractivity contribution in [2.75, 3.05) is 33.5 Å². The van der Waals surface area contributed by atoms with Gasteiger partial charge in [0.05, 0.1) is 13.7 Å². The molecule has 0 saturated heterocycles. The van der Waals surface area contributed by atoms with Gasteiger partial charge in [-0.25, -0.2) is 4.79 Å². The van der Waals surface area contributed by atoms with E-state index >= 15 is 0 Å². The molecule has 1 aromatic carbocycles. The van der Waals surface area contributed by atoms with E-state index < -0.39 is 14.8 Å². The van der Waals surface area contributed by atoms with Gasteiger partial charge in [0.2, 0.25) is 0 Å². The van der Waals surface area contributed by atoms with Crippen molar-refractivity contribution < 1.29 is 32.7 Å². The van der Waals surface area contributed by atoms with E-state index in [0.29, 0.717) is 37.9 Å². The van der Waals surface area contributed by atoms with Crippen LogP contribution in [0.25, 0.3) is 6.08 Å². The molecule has 0 unspecified atom stereocenters. The van der Waals surface area contributed by atoms with Crippen LogP contribution in [0.15, 0.2) is 24.3 Å². The quantitative estimate of drug-likeness (QED) is 0.162. The minimum Gasteiger partial charge on any atom is -0.493 e. The smallest absolute Gasteiger partial charge is 0.493 e. The highest BCUT2D eigenvalue weighted by Crippen LogP contribution is 2.29. The number of methoxy groups -OCH3 is 1. The third-order valence-electron chi connectivity index (χ3n) is 4.83. The van der Waals surface area contributed by atoms with Gasteiger partial charge in [0.1, 0.15) is 0 Å². The molecule has 0 aliphatic heterocycles. The summed E-state index contributed by atoms with van der Waals surface area (Å²) in [5, 5.41) is 8.77. The number of hydrogen-bond acceptors (Lipinski definition) is 6. The molecule has 0 aliphatic rings. The van der Waals surface area contributed by atoms with E-state index in [4.69, 9.17) is 27.9 Å². The molecule has 0 aromatic heterocycles. The molecular formula is C24H40O7Si. The highest BCUT2D eigenvalue weighted by molar-refractivity contribution is 6.60. The largest absolute Gasteiger partial charge is 0.500 e. The molecule has 8 heteroatoms. The van der Waals surface area contributed by atoms with Gasteiger partial charge in [0.25, 0.3) is 0 Å². The number of carboxylic acid groups (broad SMARTS) is 1.